The van der Waals surface area contributed by atoms with E-state index in [1.165, 1.54) is 24.0 Å². The number of pyridine rings is 1. The molecular weight excluding hydrogens is 378 g/mol. The van der Waals surface area contributed by atoms with Gasteiger partial charge in [-0.25, -0.2) is 5.43 Å². The number of rotatable bonds is 5. The maximum Gasteiger partial charge on any atom is 0.276 e. The van der Waals surface area contributed by atoms with Crippen LogP contribution < -0.4 is 20.5 Å². The minimum Gasteiger partial charge on any atom is -0.493 e. The zero-order chi connectivity index (χ0) is 17.7. The van der Waals surface area contributed by atoms with E-state index in [1.807, 2.05) is 0 Å². The van der Waals surface area contributed by atoms with Gasteiger partial charge in [-0.1, -0.05) is 0 Å². The lowest BCUT2D eigenvalue weighted by Gasteiger charge is -2.10. The van der Waals surface area contributed by atoms with Crippen LogP contribution >= 0.6 is 15.9 Å². The summed E-state index contributed by atoms with van der Waals surface area (Å²) in [5.41, 5.74) is 2.63. The Morgan fingerprint density at radius 2 is 2.04 bits per heavy atom. The number of nitrogens with zero attached hydrogens (tertiary/aromatic N) is 2. The molecule has 8 heteroatoms. The fraction of sp³-hybridized carbons (Fsp3) is 0.188. The first kappa shape index (κ1) is 17.7. The molecule has 0 bridgehead atoms. The van der Waals surface area contributed by atoms with Crippen molar-refractivity contribution in [2.24, 2.45) is 12.1 Å². The number of aryl methyl sites for hydroxylation is 1. The Kier molecular flexibility index (Phi) is 5.75. The Bertz CT molecular complexity index is 846. The highest BCUT2D eigenvalue weighted by Crippen LogP contribution is 2.36. The minimum atomic E-state index is -0.580. The number of hydrogen-bond donors (Lipinski definition) is 1. The number of benzene rings is 1. The Labute approximate surface area is 147 Å². The molecule has 0 fully saturated rings. The molecule has 0 saturated heterocycles. The van der Waals surface area contributed by atoms with E-state index < -0.39 is 11.5 Å². The third kappa shape index (κ3) is 3.65. The van der Waals surface area contributed by atoms with E-state index in [9.17, 15) is 9.59 Å². The standard InChI is InChI=1S/C16H16BrN3O4/c1-20-8-4-5-11(16(20)22)15(21)19-18-9-10-6-7-12(23-2)14(24-3)13(10)17/h4-9H,1-3H3,(H,19,21)/b18-9-. The quantitative estimate of drug-likeness (QED) is 0.621. The first-order valence-corrected chi connectivity index (χ1v) is 7.68. The second-order valence-electron chi connectivity index (χ2n) is 4.74. The number of hydrogen-bond acceptors (Lipinski definition) is 5. The predicted octanol–water partition coefficient (Wildman–Crippen LogP) is 1.93. The van der Waals surface area contributed by atoms with Gasteiger partial charge in [-0.05, 0) is 40.2 Å². The number of halogens is 1. The van der Waals surface area contributed by atoms with Crippen molar-refractivity contribution in [1.82, 2.24) is 9.99 Å². The molecule has 0 aliphatic carbocycles. The zero-order valence-electron chi connectivity index (χ0n) is 13.4. The van der Waals surface area contributed by atoms with Gasteiger partial charge in [-0.3, -0.25) is 9.59 Å². The average Bonchev–Trinajstić information content (AvgIpc) is 2.58. The number of nitrogens with one attached hydrogen (secondary N) is 1. The lowest BCUT2D eigenvalue weighted by molar-refractivity contribution is 0.0953. The lowest BCUT2D eigenvalue weighted by Crippen LogP contribution is -2.29. The summed E-state index contributed by atoms with van der Waals surface area (Å²) >= 11 is 3.40. The molecule has 24 heavy (non-hydrogen) atoms. The normalized spacial score (nSPS) is 10.7. The molecule has 1 aromatic heterocycles. The van der Waals surface area contributed by atoms with Crippen LogP contribution in [0.5, 0.6) is 11.5 Å². The molecule has 2 rings (SSSR count). The number of aromatic nitrogens is 1. The molecule has 0 unspecified atom stereocenters. The highest BCUT2D eigenvalue weighted by Gasteiger charge is 2.12. The van der Waals surface area contributed by atoms with Crippen LogP contribution in [0, 0.1) is 0 Å². The number of ether oxygens (including phenoxy) is 2. The van der Waals surface area contributed by atoms with Gasteiger partial charge in [0.05, 0.1) is 24.9 Å². The summed E-state index contributed by atoms with van der Waals surface area (Å²) < 4.78 is 12.4. The van der Waals surface area contributed by atoms with Crippen LogP contribution in [0.1, 0.15) is 15.9 Å². The number of carbonyl (C=O) groups excluding carboxylic acids is 1. The second-order valence-corrected chi connectivity index (χ2v) is 5.53. The molecule has 0 aliphatic heterocycles. The molecule has 1 heterocycles. The van der Waals surface area contributed by atoms with Gasteiger partial charge in [0.1, 0.15) is 5.56 Å². The molecule has 126 valence electrons. The zero-order valence-corrected chi connectivity index (χ0v) is 15.0. The van der Waals surface area contributed by atoms with Gasteiger partial charge in [0.2, 0.25) is 0 Å². The Morgan fingerprint density at radius 3 is 2.71 bits per heavy atom. The number of methoxy groups -OCH3 is 2. The summed E-state index contributed by atoms with van der Waals surface area (Å²) in [4.78, 5) is 23.9. The lowest BCUT2D eigenvalue weighted by atomic mass is 10.2. The Balaban J connectivity index is 2.19. The largest absolute Gasteiger partial charge is 0.493 e. The summed E-state index contributed by atoms with van der Waals surface area (Å²) in [6, 6.07) is 6.53. The molecule has 2 aromatic rings. The van der Waals surface area contributed by atoms with Gasteiger partial charge in [0.25, 0.3) is 11.5 Å². The number of hydrazone groups is 1. The van der Waals surface area contributed by atoms with Gasteiger partial charge < -0.3 is 14.0 Å². The average molecular weight is 394 g/mol. The van der Waals surface area contributed by atoms with Crippen molar-refractivity contribution in [3.05, 3.63) is 56.4 Å². The Hall–Kier alpha value is -2.61. The van der Waals surface area contributed by atoms with Gasteiger partial charge >= 0.3 is 0 Å². The predicted molar refractivity (Wildman–Crippen MR) is 94.0 cm³/mol. The first-order chi connectivity index (χ1) is 11.5. The fourth-order valence-corrected chi connectivity index (χ4v) is 2.59. The molecule has 0 saturated carbocycles. The van der Waals surface area contributed by atoms with Crippen LogP contribution in [-0.4, -0.2) is 30.9 Å². The van der Waals surface area contributed by atoms with E-state index in [2.05, 4.69) is 26.5 Å². The van der Waals surface area contributed by atoms with Gasteiger partial charge in [0, 0.05) is 18.8 Å². The van der Waals surface area contributed by atoms with Crippen LogP contribution in [0.25, 0.3) is 0 Å². The molecule has 1 aromatic carbocycles. The third-order valence-electron chi connectivity index (χ3n) is 3.25. The van der Waals surface area contributed by atoms with Gasteiger partial charge in [0.15, 0.2) is 11.5 Å². The van der Waals surface area contributed by atoms with Crippen LogP contribution in [0.4, 0.5) is 0 Å². The van der Waals surface area contributed by atoms with Crippen LogP contribution in [0.3, 0.4) is 0 Å². The van der Waals surface area contributed by atoms with Crippen molar-refractivity contribution in [1.29, 1.82) is 0 Å². The van der Waals surface area contributed by atoms with E-state index in [-0.39, 0.29) is 5.56 Å². The van der Waals surface area contributed by atoms with Crippen LogP contribution in [-0.2, 0) is 7.05 Å². The SMILES string of the molecule is COc1ccc(/C=N\NC(=O)c2cccn(C)c2=O)c(Br)c1OC. The van der Waals surface area contributed by atoms with Crippen molar-refractivity contribution < 1.29 is 14.3 Å². The number of carbonyl (C=O) groups is 1. The maximum atomic E-state index is 12.0. The second kappa shape index (κ2) is 7.78. The van der Waals surface area contributed by atoms with Crippen molar-refractivity contribution in [3.63, 3.8) is 0 Å². The number of amides is 1. The smallest absolute Gasteiger partial charge is 0.276 e. The molecule has 0 radical (unpaired) electrons. The molecule has 0 atom stereocenters. The van der Waals surface area contributed by atoms with Crippen molar-refractivity contribution in [3.8, 4) is 11.5 Å². The summed E-state index contributed by atoms with van der Waals surface area (Å²) in [6.07, 6.45) is 3.01. The van der Waals surface area contributed by atoms with Gasteiger partial charge in [-0.2, -0.15) is 5.10 Å². The van der Waals surface area contributed by atoms with Crippen molar-refractivity contribution in [2.75, 3.05) is 14.2 Å². The summed E-state index contributed by atoms with van der Waals surface area (Å²) in [5.74, 6) is 0.507. The maximum absolute atomic E-state index is 12.0. The molecule has 7 nitrogen and oxygen atoms in total. The topological polar surface area (TPSA) is 81.9 Å². The van der Waals surface area contributed by atoms with E-state index in [1.54, 1.807) is 38.6 Å². The first-order valence-electron chi connectivity index (χ1n) is 6.89. The molecule has 0 aliphatic rings. The molecule has 1 amide bonds. The van der Waals surface area contributed by atoms with E-state index in [0.717, 1.165) is 0 Å². The fourth-order valence-electron chi connectivity index (χ4n) is 2.00. The highest BCUT2D eigenvalue weighted by atomic mass is 79.9. The highest BCUT2D eigenvalue weighted by molar-refractivity contribution is 9.10. The monoisotopic (exact) mass is 393 g/mol. The minimum absolute atomic E-state index is 0.0172. The molecular formula is C16H16BrN3O4. The summed E-state index contributed by atoms with van der Waals surface area (Å²) in [6.45, 7) is 0. The van der Waals surface area contributed by atoms with E-state index in [0.29, 0.717) is 21.5 Å². The van der Waals surface area contributed by atoms with E-state index in [4.69, 9.17) is 9.47 Å². The molecule has 0 spiro atoms. The summed E-state index contributed by atoms with van der Waals surface area (Å²) in [7, 11) is 4.64. The Morgan fingerprint density at radius 1 is 1.29 bits per heavy atom. The van der Waals surface area contributed by atoms with Crippen molar-refractivity contribution in [2.45, 2.75) is 0 Å². The molecule has 1 N–H and O–H groups in total. The van der Waals surface area contributed by atoms with E-state index >= 15 is 0 Å². The van der Waals surface area contributed by atoms with Crippen LogP contribution in [0.2, 0.25) is 0 Å². The third-order valence-corrected chi connectivity index (χ3v) is 4.07. The summed E-state index contributed by atoms with van der Waals surface area (Å²) in [5, 5.41) is 3.88. The van der Waals surface area contributed by atoms with Crippen LogP contribution in [0.15, 0.2) is 44.8 Å². The van der Waals surface area contributed by atoms with Gasteiger partial charge in [-0.15, -0.1) is 0 Å². The van der Waals surface area contributed by atoms with Crippen molar-refractivity contribution >= 4 is 28.1 Å².